The summed E-state index contributed by atoms with van der Waals surface area (Å²) in [5.41, 5.74) is 2.04. The molecule has 1 saturated heterocycles. The Morgan fingerprint density at radius 1 is 1.19 bits per heavy atom. The van der Waals surface area contributed by atoms with Crippen molar-refractivity contribution in [2.45, 2.75) is 44.9 Å². The third kappa shape index (κ3) is 5.52. The molecule has 1 aliphatic rings. The Hall–Kier alpha value is -3.31. The van der Waals surface area contributed by atoms with E-state index in [0.29, 0.717) is 18.2 Å². The van der Waals surface area contributed by atoms with E-state index in [4.69, 9.17) is 0 Å². The van der Waals surface area contributed by atoms with Gasteiger partial charge in [-0.2, -0.15) is 13.2 Å². The first kappa shape index (κ1) is 25.3. The van der Waals surface area contributed by atoms with Gasteiger partial charge in [0.25, 0.3) is 5.91 Å². The summed E-state index contributed by atoms with van der Waals surface area (Å²) in [6.07, 6.45) is 2.26. The van der Waals surface area contributed by atoms with Gasteiger partial charge in [-0.05, 0) is 43.7 Å². The van der Waals surface area contributed by atoms with Crippen LogP contribution in [0.5, 0.6) is 0 Å². The molecule has 0 unspecified atom stereocenters. The smallest absolute Gasteiger partial charge is 0.343 e. The van der Waals surface area contributed by atoms with Crippen LogP contribution in [-0.4, -0.2) is 50.0 Å². The summed E-state index contributed by atoms with van der Waals surface area (Å²) in [6, 6.07) is 6.90. The summed E-state index contributed by atoms with van der Waals surface area (Å²) in [5.74, 6) is -0.290. The number of likely N-dealkylation sites (N-methyl/N-ethyl adjacent to an activating group) is 1. The van der Waals surface area contributed by atoms with Gasteiger partial charge in [0.1, 0.15) is 11.2 Å². The van der Waals surface area contributed by atoms with Gasteiger partial charge in [-0.15, -0.1) is 11.3 Å². The number of pyridine rings is 1. The van der Waals surface area contributed by atoms with Crippen LogP contribution in [0.3, 0.4) is 0 Å². The fourth-order valence-corrected chi connectivity index (χ4v) is 5.56. The van der Waals surface area contributed by atoms with Crippen molar-refractivity contribution >= 4 is 28.3 Å². The first-order valence-corrected chi connectivity index (χ1v) is 13.0. The van der Waals surface area contributed by atoms with Gasteiger partial charge in [0.2, 0.25) is 0 Å². The molecule has 0 spiro atoms. The highest BCUT2D eigenvalue weighted by molar-refractivity contribution is 7.11. The van der Waals surface area contributed by atoms with Gasteiger partial charge in [-0.3, -0.25) is 4.79 Å². The molecule has 0 saturated carbocycles. The van der Waals surface area contributed by atoms with Crippen molar-refractivity contribution in [3.63, 3.8) is 0 Å². The van der Waals surface area contributed by atoms with Crippen molar-refractivity contribution in [1.29, 1.82) is 0 Å². The lowest BCUT2D eigenvalue weighted by atomic mass is 10.1. The fraction of sp³-hybridized carbons (Fsp3) is 0.385. The van der Waals surface area contributed by atoms with Gasteiger partial charge in [-0.25, -0.2) is 15.0 Å². The Labute approximate surface area is 216 Å². The van der Waals surface area contributed by atoms with E-state index in [0.717, 1.165) is 64.7 Å². The van der Waals surface area contributed by atoms with E-state index in [1.54, 1.807) is 18.5 Å². The third-order valence-corrected chi connectivity index (χ3v) is 7.94. The van der Waals surface area contributed by atoms with Crippen LogP contribution in [0.15, 0.2) is 49.1 Å². The molecule has 37 heavy (non-hydrogen) atoms. The summed E-state index contributed by atoms with van der Waals surface area (Å²) < 4.78 is 40.5. The van der Waals surface area contributed by atoms with Crippen molar-refractivity contribution in [3.8, 4) is 0 Å². The molecule has 0 radical (unpaired) electrons. The molecule has 194 valence electrons. The van der Waals surface area contributed by atoms with Gasteiger partial charge in [0.15, 0.2) is 0 Å². The number of nitrogens with one attached hydrogen (secondary N) is 1. The number of carbonyl (C=O) groups excluding carboxylic acids is 1. The van der Waals surface area contributed by atoms with E-state index < -0.39 is 11.7 Å². The molecule has 1 aromatic carbocycles. The minimum atomic E-state index is -4.35. The number of hydrogen-bond acceptors (Lipinski definition) is 6. The number of amides is 1. The topological polar surface area (TPSA) is 75.9 Å². The number of imidazole rings is 1. The van der Waals surface area contributed by atoms with Crippen LogP contribution in [-0.2, 0) is 12.6 Å². The van der Waals surface area contributed by atoms with Crippen LogP contribution < -0.4 is 5.32 Å². The van der Waals surface area contributed by atoms with Gasteiger partial charge < -0.3 is 14.8 Å². The third-order valence-electron chi connectivity index (χ3n) is 6.76. The normalized spacial score (nSPS) is 17.4. The Bertz CT molecular complexity index is 1400. The number of aromatic nitrogens is 4. The Balaban J connectivity index is 1.25. The van der Waals surface area contributed by atoms with Crippen LogP contribution >= 0.6 is 11.3 Å². The molecule has 1 N–H and O–H groups in total. The summed E-state index contributed by atoms with van der Waals surface area (Å²) in [7, 11) is 0. The van der Waals surface area contributed by atoms with E-state index >= 15 is 0 Å². The monoisotopic (exact) mass is 528 g/mol. The predicted molar refractivity (Wildman–Crippen MR) is 136 cm³/mol. The minimum absolute atomic E-state index is 0.290. The number of nitrogens with zero attached hydrogens (tertiary/aromatic N) is 5. The number of alkyl halides is 3. The zero-order chi connectivity index (χ0) is 26.2. The molecule has 3 aromatic heterocycles. The SMILES string of the molecule is CCN1CC[C@@H](n2cnc3cnc(C(=O)N[C@H](C)c4cnc(Cc5ccc(C(F)(F)F)cc5)s4)cc32)C1. The second-order valence-corrected chi connectivity index (χ2v) is 10.4. The average Bonchev–Trinajstić information content (AvgIpc) is 3.62. The molecule has 11 heteroatoms. The van der Waals surface area contributed by atoms with Gasteiger partial charge in [0, 0.05) is 36.6 Å². The number of hydrogen-bond donors (Lipinski definition) is 1. The van der Waals surface area contributed by atoms with Crippen LogP contribution in [0, 0.1) is 0 Å². The maximum atomic E-state index is 13.0. The highest BCUT2D eigenvalue weighted by atomic mass is 32.1. The number of rotatable bonds is 7. The molecule has 4 heterocycles. The van der Waals surface area contributed by atoms with Crippen LogP contribution in [0.25, 0.3) is 11.0 Å². The molecular formula is C26H27F3N6OS. The second-order valence-electron chi connectivity index (χ2n) is 9.27. The molecular weight excluding hydrogens is 501 g/mol. The summed E-state index contributed by atoms with van der Waals surface area (Å²) in [5, 5.41) is 3.74. The molecule has 5 rings (SSSR count). The van der Waals surface area contributed by atoms with E-state index in [9.17, 15) is 18.0 Å². The van der Waals surface area contributed by atoms with E-state index in [2.05, 4.69) is 36.7 Å². The molecule has 1 amide bonds. The molecule has 1 fully saturated rings. The van der Waals surface area contributed by atoms with E-state index in [1.165, 1.54) is 23.5 Å². The number of thiazole rings is 1. The highest BCUT2D eigenvalue weighted by Gasteiger charge is 2.30. The van der Waals surface area contributed by atoms with Crippen molar-refractivity contribution in [2.75, 3.05) is 19.6 Å². The average molecular weight is 529 g/mol. The summed E-state index contributed by atoms with van der Waals surface area (Å²) in [6.45, 7) is 7.05. The zero-order valence-corrected chi connectivity index (χ0v) is 21.3. The summed E-state index contributed by atoms with van der Waals surface area (Å²) in [4.78, 5) is 29.5. The first-order chi connectivity index (χ1) is 17.7. The number of carbonyl (C=O) groups is 1. The largest absolute Gasteiger partial charge is 0.416 e. The molecule has 0 aliphatic carbocycles. The van der Waals surface area contributed by atoms with Crippen molar-refractivity contribution < 1.29 is 18.0 Å². The van der Waals surface area contributed by atoms with Crippen molar-refractivity contribution in [3.05, 3.63) is 75.8 Å². The molecule has 0 bridgehead atoms. The molecule has 4 aromatic rings. The van der Waals surface area contributed by atoms with Gasteiger partial charge in [0.05, 0.1) is 34.7 Å². The molecule has 2 atom stereocenters. The quantitative estimate of drug-likeness (QED) is 0.354. The molecule has 7 nitrogen and oxygen atoms in total. The van der Waals surface area contributed by atoms with Crippen molar-refractivity contribution in [1.82, 2.24) is 29.7 Å². The van der Waals surface area contributed by atoms with E-state index in [-0.39, 0.29) is 11.9 Å². The Morgan fingerprint density at radius 3 is 2.68 bits per heavy atom. The van der Waals surface area contributed by atoms with Gasteiger partial charge >= 0.3 is 6.18 Å². The number of benzene rings is 1. The number of halogens is 3. The van der Waals surface area contributed by atoms with E-state index in [1.807, 2.05) is 13.3 Å². The highest BCUT2D eigenvalue weighted by Crippen LogP contribution is 2.30. The summed E-state index contributed by atoms with van der Waals surface area (Å²) >= 11 is 1.42. The minimum Gasteiger partial charge on any atom is -0.343 e. The zero-order valence-electron chi connectivity index (χ0n) is 20.5. The number of likely N-dealkylation sites (tertiary alicyclic amines) is 1. The predicted octanol–water partition coefficient (Wildman–Crippen LogP) is 5.26. The van der Waals surface area contributed by atoms with Crippen molar-refractivity contribution in [2.24, 2.45) is 0 Å². The lowest BCUT2D eigenvalue weighted by Crippen LogP contribution is -2.27. The van der Waals surface area contributed by atoms with Crippen LogP contribution in [0.4, 0.5) is 13.2 Å². The van der Waals surface area contributed by atoms with Crippen LogP contribution in [0.2, 0.25) is 0 Å². The lowest BCUT2D eigenvalue weighted by molar-refractivity contribution is -0.137. The lowest BCUT2D eigenvalue weighted by Gasteiger charge is -2.15. The number of fused-ring (bicyclic) bond motifs is 1. The Morgan fingerprint density at radius 2 is 1.97 bits per heavy atom. The molecule has 1 aliphatic heterocycles. The fourth-order valence-electron chi connectivity index (χ4n) is 4.61. The maximum absolute atomic E-state index is 13.0. The Kier molecular flexibility index (Phi) is 7.00. The standard InChI is InChI=1S/C26H27F3N6OS/c1-3-34-9-8-19(14-34)35-15-32-21-12-30-20(11-22(21)35)25(36)33-16(2)23-13-31-24(37-23)10-17-4-6-18(7-5-17)26(27,28)29/h4-7,11-13,15-16,19H,3,8-10,14H2,1-2H3,(H,33,36)/t16-,19-/m1/s1. The maximum Gasteiger partial charge on any atom is 0.416 e. The van der Waals surface area contributed by atoms with Gasteiger partial charge in [-0.1, -0.05) is 19.1 Å². The second kappa shape index (κ2) is 10.2. The van der Waals surface area contributed by atoms with Crippen LogP contribution in [0.1, 0.15) is 63.9 Å². The first-order valence-electron chi connectivity index (χ1n) is 12.2.